The van der Waals surface area contributed by atoms with Gasteiger partial charge in [-0.2, -0.15) is 17.5 Å². The van der Waals surface area contributed by atoms with Gasteiger partial charge >= 0.3 is 6.18 Å². The summed E-state index contributed by atoms with van der Waals surface area (Å²) in [6.45, 7) is -0.290. The molecule has 124 valence electrons. The Morgan fingerprint density at radius 3 is 2.59 bits per heavy atom. The highest BCUT2D eigenvalue weighted by Crippen LogP contribution is 2.35. The summed E-state index contributed by atoms with van der Waals surface area (Å²) in [5.41, 5.74) is 0.312. The number of rotatable bonds is 4. The summed E-state index contributed by atoms with van der Waals surface area (Å²) in [5, 5.41) is 9.67. The zero-order valence-electron chi connectivity index (χ0n) is 11.4. The van der Waals surface area contributed by atoms with Gasteiger partial charge < -0.3 is 5.11 Å². The van der Waals surface area contributed by atoms with Crippen molar-refractivity contribution in [1.82, 2.24) is 4.31 Å². The number of aliphatic hydroxyl groups is 1. The highest BCUT2D eigenvalue weighted by molar-refractivity contribution is 7.89. The fraction of sp³-hybridized carbons (Fsp3) is 0.538. The van der Waals surface area contributed by atoms with E-state index < -0.39 is 46.3 Å². The predicted molar refractivity (Wildman–Crippen MR) is 70.9 cm³/mol. The predicted octanol–water partition coefficient (Wildman–Crippen LogP) is 2.22. The molecule has 1 aliphatic rings. The van der Waals surface area contributed by atoms with Crippen molar-refractivity contribution in [3.05, 3.63) is 35.6 Å². The van der Waals surface area contributed by atoms with Gasteiger partial charge in [-0.05, 0) is 24.1 Å². The molecule has 2 atom stereocenters. The van der Waals surface area contributed by atoms with Crippen LogP contribution >= 0.6 is 0 Å². The molecule has 0 saturated carbocycles. The van der Waals surface area contributed by atoms with E-state index in [0.717, 1.165) is 10.4 Å². The number of hydrogen-bond acceptors (Lipinski definition) is 3. The lowest BCUT2D eigenvalue weighted by Crippen LogP contribution is -2.35. The average Bonchev–Trinajstić information content (AvgIpc) is 2.79. The molecule has 1 N–H and O–H groups in total. The Morgan fingerprint density at radius 1 is 1.32 bits per heavy atom. The van der Waals surface area contributed by atoms with Gasteiger partial charge in [0.25, 0.3) is 0 Å². The molecule has 0 unspecified atom stereocenters. The van der Waals surface area contributed by atoms with Gasteiger partial charge in [-0.3, -0.25) is 0 Å². The van der Waals surface area contributed by atoms with Crippen molar-refractivity contribution < 1.29 is 31.1 Å². The summed E-state index contributed by atoms with van der Waals surface area (Å²) in [5.74, 6) is -1.67. The van der Waals surface area contributed by atoms with Gasteiger partial charge in [0, 0.05) is 6.54 Å². The fourth-order valence-electron chi connectivity index (χ4n) is 2.47. The SMILES string of the molecule is O=S(=O)(CCC(F)(F)F)N1C[C@H](O)C[C@H]1c1cccc(F)c1. The molecule has 0 spiro atoms. The minimum Gasteiger partial charge on any atom is -0.392 e. The fourth-order valence-corrected chi connectivity index (χ4v) is 4.19. The van der Waals surface area contributed by atoms with Crippen LogP contribution < -0.4 is 0 Å². The first kappa shape index (κ1) is 17.2. The van der Waals surface area contributed by atoms with E-state index in [2.05, 4.69) is 0 Å². The van der Waals surface area contributed by atoms with E-state index >= 15 is 0 Å². The van der Waals surface area contributed by atoms with Crippen LogP contribution in [0.15, 0.2) is 24.3 Å². The Bertz CT molecular complexity index is 632. The molecule has 1 aromatic rings. The topological polar surface area (TPSA) is 57.6 Å². The lowest BCUT2D eigenvalue weighted by molar-refractivity contribution is -0.130. The monoisotopic (exact) mass is 341 g/mol. The van der Waals surface area contributed by atoms with Crippen LogP contribution in [0.3, 0.4) is 0 Å². The molecule has 4 nitrogen and oxygen atoms in total. The van der Waals surface area contributed by atoms with Crippen LogP contribution in [0.25, 0.3) is 0 Å². The Balaban J connectivity index is 2.24. The third-order valence-electron chi connectivity index (χ3n) is 3.47. The number of benzene rings is 1. The zero-order chi connectivity index (χ0) is 16.5. The molecule has 0 aromatic heterocycles. The number of alkyl halides is 3. The van der Waals surface area contributed by atoms with Crippen LogP contribution in [0.4, 0.5) is 17.6 Å². The number of halogens is 4. The van der Waals surface area contributed by atoms with Crippen molar-refractivity contribution >= 4 is 10.0 Å². The van der Waals surface area contributed by atoms with Crippen molar-refractivity contribution in [2.75, 3.05) is 12.3 Å². The molecule has 0 aliphatic carbocycles. The Labute approximate surface area is 125 Å². The molecule has 1 fully saturated rings. The lowest BCUT2D eigenvalue weighted by Gasteiger charge is -2.24. The first-order chi connectivity index (χ1) is 10.1. The van der Waals surface area contributed by atoms with Crippen LogP contribution in [0.5, 0.6) is 0 Å². The number of aliphatic hydroxyl groups excluding tert-OH is 1. The molecule has 0 bridgehead atoms. The molecule has 2 rings (SSSR count). The van der Waals surface area contributed by atoms with Crippen LogP contribution in [0, 0.1) is 5.82 Å². The summed E-state index contributed by atoms with van der Waals surface area (Å²) in [6, 6.07) is 4.31. The largest absolute Gasteiger partial charge is 0.392 e. The first-order valence-electron chi connectivity index (χ1n) is 6.58. The summed E-state index contributed by atoms with van der Waals surface area (Å²) in [6.07, 6.45) is -7.01. The van der Waals surface area contributed by atoms with Crippen LogP contribution in [-0.2, 0) is 10.0 Å². The zero-order valence-corrected chi connectivity index (χ0v) is 12.2. The van der Waals surface area contributed by atoms with E-state index in [4.69, 9.17) is 0 Å². The van der Waals surface area contributed by atoms with Gasteiger partial charge in [0.1, 0.15) is 5.82 Å². The molecule has 0 amide bonds. The smallest absolute Gasteiger partial charge is 0.390 e. The van der Waals surface area contributed by atoms with Crippen LogP contribution in [0.1, 0.15) is 24.4 Å². The van der Waals surface area contributed by atoms with Gasteiger partial charge in [-0.25, -0.2) is 12.8 Å². The summed E-state index contributed by atoms with van der Waals surface area (Å²) in [4.78, 5) is 0. The van der Waals surface area contributed by atoms with Crippen molar-refractivity contribution in [2.24, 2.45) is 0 Å². The lowest BCUT2D eigenvalue weighted by atomic mass is 10.0. The van der Waals surface area contributed by atoms with E-state index in [1.807, 2.05) is 0 Å². The van der Waals surface area contributed by atoms with Gasteiger partial charge in [-0.1, -0.05) is 12.1 Å². The Hall–Kier alpha value is -1.19. The molecule has 0 radical (unpaired) electrons. The molecular formula is C13H15F4NO3S. The van der Waals surface area contributed by atoms with Crippen molar-refractivity contribution in [2.45, 2.75) is 31.2 Å². The molecule has 9 heteroatoms. The van der Waals surface area contributed by atoms with E-state index in [1.54, 1.807) is 0 Å². The summed E-state index contributed by atoms with van der Waals surface area (Å²) in [7, 11) is -4.21. The molecular weight excluding hydrogens is 326 g/mol. The highest BCUT2D eigenvalue weighted by atomic mass is 32.2. The molecule has 22 heavy (non-hydrogen) atoms. The molecule has 1 aromatic carbocycles. The average molecular weight is 341 g/mol. The summed E-state index contributed by atoms with van der Waals surface area (Å²) < 4.78 is 75.0. The first-order valence-corrected chi connectivity index (χ1v) is 8.19. The minimum atomic E-state index is -4.58. The molecule has 1 aliphatic heterocycles. The number of hydrogen-bond donors (Lipinski definition) is 1. The third kappa shape index (κ3) is 4.17. The highest BCUT2D eigenvalue weighted by Gasteiger charge is 2.41. The third-order valence-corrected chi connectivity index (χ3v) is 5.31. The minimum absolute atomic E-state index is 0.0225. The standard InChI is InChI=1S/C13H15F4NO3S/c14-10-3-1-2-9(6-10)12-7-11(19)8-18(12)22(20,21)5-4-13(15,16)17/h1-3,6,11-12,19H,4-5,7-8H2/t11-,12+/m1/s1. The van der Waals surface area contributed by atoms with Crippen molar-refractivity contribution in [3.8, 4) is 0 Å². The number of β-amino-alcohol motifs (C(OH)–C–C–N with tert-alkyl or cyclic N) is 1. The maximum absolute atomic E-state index is 13.3. The van der Waals surface area contributed by atoms with Gasteiger partial charge in [0.05, 0.1) is 24.3 Å². The number of sulfonamides is 1. The second-order valence-corrected chi connectivity index (χ2v) is 7.25. The van der Waals surface area contributed by atoms with Gasteiger partial charge in [0.15, 0.2) is 0 Å². The molecule has 1 heterocycles. The normalized spacial score (nSPS) is 23.9. The number of nitrogens with zero attached hydrogens (tertiary/aromatic N) is 1. The maximum atomic E-state index is 13.3. The van der Waals surface area contributed by atoms with E-state index in [-0.39, 0.29) is 13.0 Å². The summed E-state index contributed by atoms with van der Waals surface area (Å²) >= 11 is 0. The Kier molecular flexibility index (Phi) is 4.78. The van der Waals surface area contributed by atoms with E-state index in [9.17, 15) is 31.1 Å². The van der Waals surface area contributed by atoms with Gasteiger partial charge in [-0.15, -0.1) is 0 Å². The quantitative estimate of drug-likeness (QED) is 0.855. The molecule has 1 saturated heterocycles. The maximum Gasteiger partial charge on any atom is 0.390 e. The van der Waals surface area contributed by atoms with Crippen LogP contribution in [-0.4, -0.2) is 42.4 Å². The van der Waals surface area contributed by atoms with Crippen molar-refractivity contribution in [1.29, 1.82) is 0 Å². The Morgan fingerprint density at radius 2 is 2.00 bits per heavy atom. The van der Waals surface area contributed by atoms with E-state index in [1.165, 1.54) is 18.2 Å². The second-order valence-electron chi connectivity index (χ2n) is 5.21. The van der Waals surface area contributed by atoms with E-state index in [0.29, 0.717) is 5.56 Å². The van der Waals surface area contributed by atoms with Crippen LogP contribution in [0.2, 0.25) is 0 Å². The second kappa shape index (κ2) is 6.13. The van der Waals surface area contributed by atoms with Gasteiger partial charge in [0.2, 0.25) is 10.0 Å². The van der Waals surface area contributed by atoms with Crippen molar-refractivity contribution in [3.63, 3.8) is 0 Å².